The normalized spacial score (nSPS) is 19.2. The summed E-state index contributed by atoms with van der Waals surface area (Å²) in [5.41, 5.74) is 0.272. The van der Waals surface area contributed by atoms with Crippen molar-refractivity contribution in [1.29, 1.82) is 5.26 Å². The standard InChI is InChI=1S/C19H17N3O3/c1-14-11-19(24,16-5-3-2-4-6-16)22(21-14)18(23)13-25-17-9-7-15(12-20)8-10-17/h2-10,24H,11,13H2,1H3/t19-/m0/s1. The molecule has 1 aliphatic rings. The van der Waals surface area contributed by atoms with Crippen LogP contribution in [0.15, 0.2) is 59.7 Å². The molecule has 1 N–H and O–H groups in total. The number of carbonyl (C=O) groups excluding carboxylic acids is 1. The van der Waals surface area contributed by atoms with Crippen LogP contribution in [0, 0.1) is 11.3 Å². The zero-order chi connectivity index (χ0) is 17.9. The third-order valence-corrected chi connectivity index (χ3v) is 3.94. The van der Waals surface area contributed by atoms with Crippen molar-refractivity contribution in [2.24, 2.45) is 5.10 Å². The summed E-state index contributed by atoms with van der Waals surface area (Å²) in [6, 6.07) is 17.4. The molecule has 0 bridgehead atoms. The Kier molecular flexibility index (Phi) is 4.50. The van der Waals surface area contributed by atoms with E-state index in [4.69, 9.17) is 10.00 Å². The van der Waals surface area contributed by atoms with Crippen molar-refractivity contribution >= 4 is 11.6 Å². The molecular formula is C19H17N3O3. The molecule has 6 heteroatoms. The van der Waals surface area contributed by atoms with Crippen molar-refractivity contribution < 1.29 is 14.6 Å². The summed E-state index contributed by atoms with van der Waals surface area (Å²) in [5.74, 6) is 0.0167. The third kappa shape index (κ3) is 3.37. The maximum atomic E-state index is 12.6. The van der Waals surface area contributed by atoms with E-state index in [0.717, 1.165) is 5.01 Å². The zero-order valence-corrected chi connectivity index (χ0v) is 13.7. The molecule has 2 aromatic carbocycles. The lowest BCUT2D eigenvalue weighted by molar-refractivity contribution is -0.159. The number of amides is 1. The van der Waals surface area contributed by atoms with Crippen LogP contribution in [0.3, 0.4) is 0 Å². The van der Waals surface area contributed by atoms with Crippen molar-refractivity contribution in [3.8, 4) is 11.8 Å². The lowest BCUT2D eigenvalue weighted by Gasteiger charge is -2.31. The fourth-order valence-corrected chi connectivity index (χ4v) is 2.74. The van der Waals surface area contributed by atoms with Gasteiger partial charge in [-0.3, -0.25) is 4.79 Å². The number of hydrazone groups is 1. The maximum Gasteiger partial charge on any atom is 0.283 e. The smallest absolute Gasteiger partial charge is 0.283 e. The second kappa shape index (κ2) is 6.75. The van der Waals surface area contributed by atoms with E-state index in [1.54, 1.807) is 55.5 Å². The lowest BCUT2D eigenvalue weighted by Crippen LogP contribution is -2.45. The molecule has 0 saturated heterocycles. The van der Waals surface area contributed by atoms with Gasteiger partial charge in [-0.15, -0.1) is 0 Å². The average Bonchev–Trinajstić information content (AvgIpc) is 2.96. The molecule has 0 radical (unpaired) electrons. The SMILES string of the molecule is CC1=NN(C(=O)COc2ccc(C#N)cc2)[C@@](O)(c2ccccc2)C1. The molecule has 1 heterocycles. The van der Waals surface area contributed by atoms with Gasteiger partial charge in [-0.1, -0.05) is 30.3 Å². The summed E-state index contributed by atoms with van der Waals surface area (Å²) < 4.78 is 5.46. The summed E-state index contributed by atoms with van der Waals surface area (Å²) in [6.07, 6.45) is 0.250. The van der Waals surface area contributed by atoms with Gasteiger partial charge in [0.1, 0.15) is 5.75 Å². The highest BCUT2D eigenvalue weighted by molar-refractivity contribution is 5.89. The van der Waals surface area contributed by atoms with Crippen molar-refractivity contribution in [2.75, 3.05) is 6.61 Å². The van der Waals surface area contributed by atoms with Crippen LogP contribution in [0.25, 0.3) is 0 Å². The van der Waals surface area contributed by atoms with Gasteiger partial charge in [0, 0.05) is 17.7 Å². The minimum absolute atomic E-state index is 0.250. The highest BCUT2D eigenvalue weighted by atomic mass is 16.5. The number of aliphatic hydroxyl groups is 1. The number of hydrogen-bond donors (Lipinski definition) is 1. The molecule has 0 aliphatic carbocycles. The summed E-state index contributed by atoms with van der Waals surface area (Å²) >= 11 is 0. The fraction of sp³-hybridized carbons (Fsp3) is 0.211. The van der Waals surface area contributed by atoms with Crippen LogP contribution in [-0.4, -0.2) is 28.3 Å². The minimum Gasteiger partial charge on any atom is -0.484 e. The number of carbonyl (C=O) groups is 1. The van der Waals surface area contributed by atoms with E-state index in [9.17, 15) is 9.90 Å². The summed E-state index contributed by atoms with van der Waals surface area (Å²) in [5, 5.41) is 25.1. The fourth-order valence-electron chi connectivity index (χ4n) is 2.74. The van der Waals surface area contributed by atoms with Gasteiger partial charge in [0.15, 0.2) is 12.3 Å². The molecule has 1 amide bonds. The Labute approximate surface area is 145 Å². The van der Waals surface area contributed by atoms with Gasteiger partial charge in [0.2, 0.25) is 0 Å². The molecule has 0 aromatic heterocycles. The van der Waals surface area contributed by atoms with Crippen LogP contribution in [0.2, 0.25) is 0 Å². The minimum atomic E-state index is -1.50. The van der Waals surface area contributed by atoms with Gasteiger partial charge in [0.25, 0.3) is 5.91 Å². The summed E-state index contributed by atoms with van der Waals surface area (Å²) in [7, 11) is 0. The molecule has 0 saturated carbocycles. The number of nitrogens with zero attached hydrogens (tertiary/aromatic N) is 3. The first kappa shape index (κ1) is 16.7. The highest BCUT2D eigenvalue weighted by Gasteiger charge is 2.44. The zero-order valence-electron chi connectivity index (χ0n) is 13.7. The molecule has 6 nitrogen and oxygen atoms in total. The van der Waals surface area contributed by atoms with Crippen LogP contribution in [0.1, 0.15) is 24.5 Å². The molecule has 2 aromatic rings. The first-order chi connectivity index (χ1) is 12.0. The van der Waals surface area contributed by atoms with Crippen molar-refractivity contribution in [2.45, 2.75) is 19.1 Å². The van der Waals surface area contributed by atoms with Crippen LogP contribution in [-0.2, 0) is 10.5 Å². The number of ether oxygens (including phenoxy) is 1. The number of hydrogen-bond acceptors (Lipinski definition) is 5. The van der Waals surface area contributed by atoms with E-state index in [0.29, 0.717) is 22.6 Å². The quantitative estimate of drug-likeness (QED) is 0.929. The Bertz CT molecular complexity index is 840. The van der Waals surface area contributed by atoms with Gasteiger partial charge in [-0.2, -0.15) is 15.4 Å². The number of rotatable bonds is 4. The Hall–Kier alpha value is -3.17. The van der Waals surface area contributed by atoms with Crippen molar-refractivity contribution in [1.82, 2.24) is 5.01 Å². The van der Waals surface area contributed by atoms with E-state index in [1.165, 1.54) is 0 Å². The topological polar surface area (TPSA) is 85.9 Å². The van der Waals surface area contributed by atoms with E-state index < -0.39 is 11.6 Å². The molecule has 3 rings (SSSR count). The maximum absolute atomic E-state index is 12.6. The molecule has 0 unspecified atom stereocenters. The highest BCUT2D eigenvalue weighted by Crippen LogP contribution is 2.35. The molecule has 25 heavy (non-hydrogen) atoms. The van der Waals surface area contributed by atoms with E-state index >= 15 is 0 Å². The van der Waals surface area contributed by atoms with Gasteiger partial charge in [0.05, 0.1) is 11.6 Å². The molecule has 0 spiro atoms. The predicted octanol–water partition coefficient (Wildman–Crippen LogP) is 2.39. The largest absolute Gasteiger partial charge is 0.484 e. The second-order valence-electron chi connectivity index (χ2n) is 5.83. The number of nitriles is 1. The molecule has 126 valence electrons. The van der Waals surface area contributed by atoms with Gasteiger partial charge in [-0.05, 0) is 31.2 Å². The predicted molar refractivity (Wildman–Crippen MR) is 91.6 cm³/mol. The Balaban J connectivity index is 1.74. The first-order valence-electron chi connectivity index (χ1n) is 7.81. The van der Waals surface area contributed by atoms with Crippen LogP contribution in [0.4, 0.5) is 0 Å². The molecule has 1 aliphatic heterocycles. The van der Waals surface area contributed by atoms with E-state index in [1.807, 2.05) is 12.1 Å². The number of benzene rings is 2. The van der Waals surface area contributed by atoms with Gasteiger partial charge in [-0.25, -0.2) is 0 Å². The van der Waals surface area contributed by atoms with Crippen LogP contribution in [0.5, 0.6) is 5.75 Å². The summed E-state index contributed by atoms with van der Waals surface area (Å²) in [4.78, 5) is 12.6. The average molecular weight is 335 g/mol. The first-order valence-corrected chi connectivity index (χ1v) is 7.81. The monoisotopic (exact) mass is 335 g/mol. The Morgan fingerprint density at radius 2 is 1.96 bits per heavy atom. The van der Waals surface area contributed by atoms with Crippen LogP contribution < -0.4 is 4.74 Å². The van der Waals surface area contributed by atoms with Gasteiger partial charge < -0.3 is 9.84 Å². The Morgan fingerprint density at radius 1 is 1.28 bits per heavy atom. The third-order valence-electron chi connectivity index (χ3n) is 3.94. The Morgan fingerprint density at radius 3 is 2.60 bits per heavy atom. The lowest BCUT2D eigenvalue weighted by atomic mass is 9.98. The second-order valence-corrected chi connectivity index (χ2v) is 5.83. The summed E-state index contributed by atoms with van der Waals surface area (Å²) in [6.45, 7) is 1.50. The van der Waals surface area contributed by atoms with Crippen molar-refractivity contribution in [3.05, 3.63) is 65.7 Å². The molecule has 1 atom stereocenters. The van der Waals surface area contributed by atoms with Crippen LogP contribution >= 0.6 is 0 Å². The van der Waals surface area contributed by atoms with Gasteiger partial charge >= 0.3 is 0 Å². The van der Waals surface area contributed by atoms with E-state index in [2.05, 4.69) is 5.10 Å². The van der Waals surface area contributed by atoms with E-state index in [-0.39, 0.29) is 13.0 Å². The molecular weight excluding hydrogens is 318 g/mol. The molecule has 0 fully saturated rings. The van der Waals surface area contributed by atoms with Crippen molar-refractivity contribution in [3.63, 3.8) is 0 Å².